The van der Waals surface area contributed by atoms with E-state index >= 15 is 0 Å². The maximum Gasteiger partial charge on any atom is 0.334 e. The van der Waals surface area contributed by atoms with Crippen LogP contribution in [-0.2, 0) is 14.3 Å². The molecule has 4 heteroatoms. The second-order valence-corrected chi connectivity index (χ2v) is 6.64. The van der Waals surface area contributed by atoms with Crippen LogP contribution >= 0.6 is 0 Å². The van der Waals surface area contributed by atoms with Gasteiger partial charge in [0.05, 0.1) is 18.1 Å². The van der Waals surface area contributed by atoms with E-state index in [2.05, 4.69) is 6.92 Å². The summed E-state index contributed by atoms with van der Waals surface area (Å²) in [4.78, 5) is 23.3. The molecule has 19 heavy (non-hydrogen) atoms. The Hall–Kier alpha value is -1.16. The molecule has 0 aromatic carbocycles. The van der Waals surface area contributed by atoms with Gasteiger partial charge in [-0.15, -0.1) is 0 Å². The number of aliphatic hydroxyl groups is 1. The molecule has 0 amide bonds. The first kappa shape index (κ1) is 12.9. The SMILES string of the molecule is C[C@]1(C=O)C2CC=C3C(=O)OC[C@@H]3[C@]2(C)CC[C@H]1O. The van der Waals surface area contributed by atoms with Crippen molar-refractivity contribution in [3.8, 4) is 0 Å². The van der Waals surface area contributed by atoms with E-state index in [4.69, 9.17) is 4.74 Å². The van der Waals surface area contributed by atoms with Crippen molar-refractivity contribution in [3.63, 3.8) is 0 Å². The average molecular weight is 264 g/mol. The van der Waals surface area contributed by atoms with Gasteiger partial charge >= 0.3 is 5.97 Å². The van der Waals surface area contributed by atoms with Crippen LogP contribution in [0.15, 0.2) is 11.6 Å². The third-order valence-corrected chi connectivity index (χ3v) is 5.84. The van der Waals surface area contributed by atoms with E-state index in [0.717, 1.165) is 18.3 Å². The molecule has 0 radical (unpaired) electrons. The molecular weight excluding hydrogens is 244 g/mol. The van der Waals surface area contributed by atoms with Crippen LogP contribution in [0.3, 0.4) is 0 Å². The van der Waals surface area contributed by atoms with Gasteiger partial charge in [0.1, 0.15) is 6.29 Å². The Morgan fingerprint density at radius 3 is 2.89 bits per heavy atom. The minimum Gasteiger partial charge on any atom is -0.462 e. The summed E-state index contributed by atoms with van der Waals surface area (Å²) in [6.07, 6.45) is 4.36. The van der Waals surface area contributed by atoms with Crippen molar-refractivity contribution >= 4 is 12.3 Å². The van der Waals surface area contributed by atoms with Crippen LogP contribution in [0.1, 0.15) is 33.1 Å². The lowest BCUT2D eigenvalue weighted by Crippen LogP contribution is -2.56. The first-order chi connectivity index (χ1) is 8.93. The highest BCUT2D eigenvalue weighted by Gasteiger charge is 2.59. The van der Waals surface area contributed by atoms with Crippen molar-refractivity contribution in [2.24, 2.45) is 22.7 Å². The fourth-order valence-electron chi connectivity index (χ4n) is 4.47. The molecule has 104 valence electrons. The smallest absolute Gasteiger partial charge is 0.334 e. The van der Waals surface area contributed by atoms with E-state index in [1.54, 1.807) is 0 Å². The monoisotopic (exact) mass is 264 g/mol. The number of carbonyl (C=O) groups is 2. The molecule has 1 unspecified atom stereocenters. The minimum atomic E-state index is -0.722. The third-order valence-electron chi connectivity index (χ3n) is 5.84. The molecule has 0 aromatic heterocycles. The van der Waals surface area contributed by atoms with E-state index in [9.17, 15) is 14.7 Å². The molecular formula is C15H20O4. The number of aldehydes is 1. The van der Waals surface area contributed by atoms with Gasteiger partial charge in [-0.2, -0.15) is 0 Å². The van der Waals surface area contributed by atoms with Crippen LogP contribution in [0.2, 0.25) is 0 Å². The van der Waals surface area contributed by atoms with Crippen LogP contribution in [0.25, 0.3) is 0 Å². The van der Waals surface area contributed by atoms with Crippen LogP contribution in [0, 0.1) is 22.7 Å². The topological polar surface area (TPSA) is 63.6 Å². The summed E-state index contributed by atoms with van der Waals surface area (Å²) < 4.78 is 5.18. The molecule has 2 fully saturated rings. The zero-order valence-corrected chi connectivity index (χ0v) is 11.4. The van der Waals surface area contributed by atoms with Gasteiger partial charge in [0, 0.05) is 11.5 Å². The quantitative estimate of drug-likeness (QED) is 0.575. The molecule has 1 saturated carbocycles. The number of carbonyl (C=O) groups excluding carboxylic acids is 2. The predicted molar refractivity (Wildman–Crippen MR) is 68.2 cm³/mol. The molecule has 1 aliphatic heterocycles. The van der Waals surface area contributed by atoms with Crippen LogP contribution in [-0.4, -0.2) is 30.1 Å². The zero-order chi connectivity index (χ0) is 13.8. The van der Waals surface area contributed by atoms with Crippen molar-refractivity contribution in [2.75, 3.05) is 6.61 Å². The molecule has 4 nitrogen and oxygen atoms in total. The maximum absolute atomic E-state index is 11.7. The Labute approximate surface area is 112 Å². The number of aliphatic hydroxyl groups excluding tert-OH is 1. The fraction of sp³-hybridized carbons (Fsp3) is 0.733. The second-order valence-electron chi connectivity index (χ2n) is 6.64. The average Bonchev–Trinajstić information content (AvgIpc) is 2.78. The standard InChI is InChI=1S/C15H20O4/c1-14-6-5-12(17)15(2,8-16)11(14)4-3-9-10(14)7-19-13(9)18/h3,8,10-12,17H,4-7H2,1-2H3/t10-,11?,12+,14-,15-/m0/s1. The molecule has 1 saturated heterocycles. The summed E-state index contributed by atoms with van der Waals surface area (Å²) in [5, 5.41) is 10.2. The molecule has 0 bridgehead atoms. The van der Waals surface area contributed by atoms with Gasteiger partial charge < -0.3 is 14.6 Å². The maximum atomic E-state index is 11.7. The van der Waals surface area contributed by atoms with Gasteiger partial charge in [0.15, 0.2) is 0 Å². The predicted octanol–water partition coefficient (Wildman–Crippen LogP) is 1.47. The molecule has 1 heterocycles. The highest BCUT2D eigenvalue weighted by molar-refractivity contribution is 5.91. The lowest BCUT2D eigenvalue weighted by atomic mass is 9.48. The summed E-state index contributed by atoms with van der Waals surface area (Å²) in [6, 6.07) is 0. The van der Waals surface area contributed by atoms with Gasteiger partial charge in [-0.3, -0.25) is 0 Å². The summed E-state index contributed by atoms with van der Waals surface area (Å²) in [6.45, 7) is 4.41. The first-order valence-electron chi connectivity index (χ1n) is 6.95. The van der Waals surface area contributed by atoms with Crippen molar-refractivity contribution in [3.05, 3.63) is 11.6 Å². The number of fused-ring (bicyclic) bond motifs is 3. The number of hydrogen-bond donors (Lipinski definition) is 1. The number of ether oxygens (including phenoxy) is 1. The number of hydrogen-bond acceptors (Lipinski definition) is 4. The second kappa shape index (κ2) is 3.92. The van der Waals surface area contributed by atoms with E-state index < -0.39 is 11.5 Å². The summed E-state index contributed by atoms with van der Waals surface area (Å²) in [5.41, 5.74) is -0.0744. The van der Waals surface area contributed by atoms with Gasteiger partial charge in [-0.05, 0) is 30.6 Å². The molecule has 0 spiro atoms. The molecule has 3 aliphatic rings. The highest BCUT2D eigenvalue weighted by Crippen LogP contribution is 2.60. The molecule has 1 N–H and O–H groups in total. The largest absolute Gasteiger partial charge is 0.462 e. The van der Waals surface area contributed by atoms with Crippen LogP contribution < -0.4 is 0 Å². The van der Waals surface area contributed by atoms with E-state index in [1.165, 1.54) is 0 Å². The van der Waals surface area contributed by atoms with E-state index in [1.807, 2.05) is 13.0 Å². The van der Waals surface area contributed by atoms with Crippen molar-refractivity contribution in [1.82, 2.24) is 0 Å². The fourth-order valence-corrected chi connectivity index (χ4v) is 4.47. The van der Waals surface area contributed by atoms with Gasteiger partial charge in [-0.25, -0.2) is 4.79 Å². The van der Waals surface area contributed by atoms with E-state index in [0.29, 0.717) is 19.4 Å². The lowest BCUT2D eigenvalue weighted by molar-refractivity contribution is -0.148. The van der Waals surface area contributed by atoms with Gasteiger partial charge in [0.25, 0.3) is 0 Å². The molecule has 0 aromatic rings. The minimum absolute atomic E-state index is 0.0736. The number of allylic oxidation sites excluding steroid dienone is 1. The Morgan fingerprint density at radius 1 is 1.47 bits per heavy atom. The number of rotatable bonds is 1. The van der Waals surface area contributed by atoms with Gasteiger partial charge in [-0.1, -0.05) is 19.9 Å². The summed E-state index contributed by atoms with van der Waals surface area (Å²) in [7, 11) is 0. The highest BCUT2D eigenvalue weighted by atomic mass is 16.5. The van der Waals surface area contributed by atoms with E-state index in [-0.39, 0.29) is 23.2 Å². The third kappa shape index (κ3) is 1.49. The summed E-state index contributed by atoms with van der Waals surface area (Å²) in [5.74, 6) is -0.0568. The van der Waals surface area contributed by atoms with Crippen molar-refractivity contribution < 1.29 is 19.4 Å². The van der Waals surface area contributed by atoms with Crippen LogP contribution in [0.5, 0.6) is 0 Å². The summed E-state index contributed by atoms with van der Waals surface area (Å²) >= 11 is 0. The molecule has 2 aliphatic carbocycles. The Bertz CT molecular complexity index is 469. The Balaban J connectivity index is 2.06. The molecule has 5 atom stereocenters. The lowest BCUT2D eigenvalue weighted by Gasteiger charge is -2.55. The molecule has 3 rings (SSSR count). The normalized spacial score (nSPS) is 48.9. The first-order valence-corrected chi connectivity index (χ1v) is 6.95. The Morgan fingerprint density at radius 2 is 2.21 bits per heavy atom. The Kier molecular flexibility index (Phi) is 2.65. The zero-order valence-electron chi connectivity index (χ0n) is 11.4. The van der Waals surface area contributed by atoms with Crippen molar-refractivity contribution in [2.45, 2.75) is 39.2 Å². The number of esters is 1. The number of cyclic esters (lactones) is 1. The van der Waals surface area contributed by atoms with Crippen LogP contribution in [0.4, 0.5) is 0 Å². The van der Waals surface area contributed by atoms with Crippen molar-refractivity contribution in [1.29, 1.82) is 0 Å². The van der Waals surface area contributed by atoms with Gasteiger partial charge in [0.2, 0.25) is 0 Å².